The summed E-state index contributed by atoms with van der Waals surface area (Å²) in [5, 5.41) is 9.43. The number of nitrogens with zero attached hydrogens (tertiary/aromatic N) is 5. The fraction of sp³-hybridized carbons (Fsp3) is 0.176. The highest BCUT2D eigenvalue weighted by Crippen LogP contribution is 2.38. The zero-order chi connectivity index (χ0) is 18.5. The third-order valence-corrected chi connectivity index (χ3v) is 5.20. The third kappa shape index (κ3) is 4.04. The van der Waals surface area contributed by atoms with E-state index in [4.69, 9.17) is 6.57 Å². The van der Waals surface area contributed by atoms with Crippen LogP contribution in [0.3, 0.4) is 0 Å². The van der Waals surface area contributed by atoms with Gasteiger partial charge in [0, 0.05) is 5.56 Å². The third-order valence-electron chi connectivity index (χ3n) is 3.28. The zero-order valence-electron chi connectivity index (χ0n) is 14.1. The lowest BCUT2D eigenvalue weighted by atomic mass is 10.2. The monoisotopic (exact) mass is 382 g/mol. The molecule has 130 valence electrons. The number of H-pyrrole nitrogens is 1. The number of thioether (sulfide) groups is 1. The number of Topliss-reactive ketones (excluding diaryl/α,β-unsaturated/α-hetero) is 1. The van der Waals surface area contributed by atoms with Crippen molar-refractivity contribution in [3.63, 3.8) is 0 Å². The van der Waals surface area contributed by atoms with Crippen LogP contribution in [-0.2, 0) is 4.79 Å². The lowest BCUT2D eigenvalue weighted by molar-refractivity contribution is -0.114. The number of aryl methyl sites for hydroxylation is 1. The Labute approximate surface area is 158 Å². The van der Waals surface area contributed by atoms with Crippen molar-refractivity contribution >= 4 is 45.6 Å². The minimum Gasteiger partial charge on any atom is -0.321 e. The van der Waals surface area contributed by atoms with E-state index in [9.17, 15) is 4.79 Å². The van der Waals surface area contributed by atoms with Crippen LogP contribution < -0.4 is 0 Å². The van der Waals surface area contributed by atoms with Crippen LogP contribution in [0.15, 0.2) is 45.6 Å². The van der Waals surface area contributed by atoms with Crippen LogP contribution in [-0.4, -0.2) is 25.9 Å². The summed E-state index contributed by atoms with van der Waals surface area (Å²) < 4.78 is 4.13. The fourth-order valence-corrected chi connectivity index (χ4v) is 3.45. The molecule has 0 aliphatic heterocycles. The van der Waals surface area contributed by atoms with Gasteiger partial charge in [-0.3, -0.25) is 4.79 Å². The number of imidazole rings is 1. The molecule has 1 aromatic carbocycles. The molecule has 26 heavy (non-hydrogen) atoms. The summed E-state index contributed by atoms with van der Waals surface area (Å²) in [6, 6.07) is 9.63. The smallest absolute Gasteiger partial charge is 0.247 e. The maximum atomic E-state index is 11.3. The first-order valence-corrected chi connectivity index (χ1v) is 9.37. The lowest BCUT2D eigenvalue weighted by Gasteiger charge is -1.94. The summed E-state index contributed by atoms with van der Waals surface area (Å²) in [6.45, 7) is 10.5. The van der Waals surface area contributed by atoms with E-state index in [1.807, 2.05) is 30.3 Å². The number of carbonyl (C=O) groups is 1. The molecular formula is C17H14N6OS2. The first-order chi connectivity index (χ1) is 12.6. The normalized spacial score (nSPS) is 11.0. The van der Waals surface area contributed by atoms with Crippen LogP contribution in [0.4, 0.5) is 16.5 Å². The van der Waals surface area contributed by atoms with E-state index in [0.29, 0.717) is 38.8 Å². The van der Waals surface area contributed by atoms with Gasteiger partial charge in [0.05, 0.1) is 18.0 Å². The Kier molecular flexibility index (Phi) is 5.55. The molecule has 0 bridgehead atoms. The van der Waals surface area contributed by atoms with Gasteiger partial charge >= 0.3 is 0 Å². The molecule has 3 rings (SSSR count). The first kappa shape index (κ1) is 18.0. The fourth-order valence-electron chi connectivity index (χ4n) is 2.06. The van der Waals surface area contributed by atoms with Crippen LogP contribution >= 0.6 is 23.3 Å². The van der Waals surface area contributed by atoms with Gasteiger partial charge in [-0.2, -0.15) is 0 Å². The SMILES string of the molecule is [C-]#[N+]c1c(C)nsc1N=Nc1[nH]c(-c2ccccc2)nc1SCC(C)=O. The molecule has 9 heteroatoms. The summed E-state index contributed by atoms with van der Waals surface area (Å²) in [5.74, 6) is 1.46. The van der Waals surface area contributed by atoms with Crippen LogP contribution in [0.5, 0.6) is 0 Å². The standard InChI is InChI=1S/C17H14N6OS2/c1-10(24)9-25-17-15(19-14(20-17)12-7-5-4-6-8-12)21-22-16-13(18-3)11(2)23-26-16/h4-8H,9H2,1-2H3,(H,19,20). The van der Waals surface area contributed by atoms with Crippen molar-refractivity contribution < 1.29 is 4.79 Å². The second-order valence-corrected chi connectivity index (χ2v) is 7.05. The minimum atomic E-state index is 0.0514. The Bertz CT molecular complexity index is 1000. The van der Waals surface area contributed by atoms with E-state index in [1.54, 1.807) is 6.92 Å². The number of rotatable bonds is 6. The van der Waals surface area contributed by atoms with E-state index >= 15 is 0 Å². The number of azo groups is 1. The Morgan fingerprint density at radius 1 is 1.35 bits per heavy atom. The second kappa shape index (κ2) is 8.03. The Hall–Kier alpha value is -2.83. The van der Waals surface area contributed by atoms with Gasteiger partial charge in [-0.05, 0) is 25.4 Å². The summed E-state index contributed by atoms with van der Waals surface area (Å²) >= 11 is 2.43. The number of benzene rings is 1. The largest absolute Gasteiger partial charge is 0.321 e. The average Bonchev–Trinajstić information content (AvgIpc) is 3.21. The van der Waals surface area contributed by atoms with Gasteiger partial charge in [-0.15, -0.1) is 10.2 Å². The van der Waals surface area contributed by atoms with Crippen molar-refractivity contribution in [1.82, 2.24) is 14.3 Å². The van der Waals surface area contributed by atoms with E-state index < -0.39 is 0 Å². The van der Waals surface area contributed by atoms with Gasteiger partial charge in [0.1, 0.15) is 16.6 Å². The molecule has 1 N–H and O–H groups in total. The van der Waals surface area contributed by atoms with Crippen molar-refractivity contribution in [2.75, 3.05) is 5.75 Å². The van der Waals surface area contributed by atoms with Gasteiger partial charge in [0.15, 0.2) is 10.8 Å². The average molecular weight is 382 g/mol. The van der Waals surface area contributed by atoms with E-state index in [-0.39, 0.29) is 5.78 Å². The molecule has 0 saturated heterocycles. The van der Waals surface area contributed by atoms with Gasteiger partial charge in [0.25, 0.3) is 0 Å². The molecule has 0 unspecified atom stereocenters. The molecule has 3 aromatic rings. The van der Waals surface area contributed by atoms with Crippen molar-refractivity contribution in [1.29, 1.82) is 0 Å². The highest BCUT2D eigenvalue weighted by molar-refractivity contribution is 8.00. The van der Waals surface area contributed by atoms with Crippen LogP contribution in [0.1, 0.15) is 12.6 Å². The maximum absolute atomic E-state index is 11.3. The van der Waals surface area contributed by atoms with Gasteiger partial charge in [-0.1, -0.05) is 42.1 Å². The van der Waals surface area contributed by atoms with E-state index in [0.717, 1.165) is 17.1 Å². The van der Waals surface area contributed by atoms with Gasteiger partial charge in [0.2, 0.25) is 5.69 Å². The number of aromatic nitrogens is 3. The van der Waals surface area contributed by atoms with Crippen LogP contribution in [0, 0.1) is 13.5 Å². The second-order valence-electron chi connectivity index (χ2n) is 5.33. The molecule has 7 nitrogen and oxygen atoms in total. The first-order valence-electron chi connectivity index (χ1n) is 7.61. The molecular weight excluding hydrogens is 368 g/mol. The molecule has 0 spiro atoms. The van der Waals surface area contributed by atoms with Gasteiger partial charge in [-0.25, -0.2) is 14.2 Å². The Morgan fingerprint density at radius 2 is 2.12 bits per heavy atom. The summed E-state index contributed by atoms with van der Waals surface area (Å²) in [6.07, 6.45) is 0. The van der Waals surface area contributed by atoms with Crippen LogP contribution in [0.2, 0.25) is 0 Å². The number of hydrogen-bond donors (Lipinski definition) is 1. The molecule has 0 aliphatic rings. The maximum Gasteiger partial charge on any atom is 0.247 e. The van der Waals surface area contributed by atoms with E-state index in [1.165, 1.54) is 18.7 Å². The predicted molar refractivity (Wildman–Crippen MR) is 103 cm³/mol. The predicted octanol–water partition coefficient (Wildman–Crippen LogP) is 5.49. The van der Waals surface area contributed by atoms with Crippen molar-refractivity contribution in [2.24, 2.45) is 10.2 Å². The number of hydrogen-bond acceptors (Lipinski definition) is 7. The highest BCUT2D eigenvalue weighted by Gasteiger charge is 2.14. The highest BCUT2D eigenvalue weighted by atomic mass is 32.2. The molecule has 0 atom stereocenters. The van der Waals surface area contributed by atoms with Crippen LogP contribution in [0.25, 0.3) is 16.2 Å². The van der Waals surface area contributed by atoms with E-state index in [2.05, 4.69) is 29.4 Å². The summed E-state index contributed by atoms with van der Waals surface area (Å²) in [4.78, 5) is 22.4. The summed E-state index contributed by atoms with van der Waals surface area (Å²) in [7, 11) is 0. The zero-order valence-corrected chi connectivity index (χ0v) is 15.7. The number of ketones is 1. The molecule has 2 aromatic heterocycles. The number of aromatic amines is 1. The molecule has 0 aliphatic carbocycles. The summed E-state index contributed by atoms with van der Waals surface area (Å²) in [5.41, 5.74) is 1.95. The Morgan fingerprint density at radius 3 is 2.81 bits per heavy atom. The number of nitrogens with one attached hydrogen (secondary N) is 1. The molecule has 0 radical (unpaired) electrons. The number of carbonyl (C=O) groups excluding carboxylic acids is 1. The Balaban J connectivity index is 1.96. The van der Waals surface area contributed by atoms with Gasteiger partial charge < -0.3 is 4.98 Å². The molecule has 0 fully saturated rings. The van der Waals surface area contributed by atoms with Crippen molar-refractivity contribution in [3.8, 4) is 11.4 Å². The van der Waals surface area contributed by atoms with Crippen molar-refractivity contribution in [2.45, 2.75) is 18.9 Å². The topological polar surface area (TPSA) is 87.7 Å². The minimum absolute atomic E-state index is 0.0514. The molecule has 0 amide bonds. The lowest BCUT2D eigenvalue weighted by Crippen LogP contribution is -1.92. The molecule has 0 saturated carbocycles. The van der Waals surface area contributed by atoms with Crippen molar-refractivity contribution in [3.05, 3.63) is 47.4 Å². The quantitative estimate of drug-likeness (QED) is 0.347. The molecule has 2 heterocycles.